The van der Waals surface area contributed by atoms with Gasteiger partial charge in [0.25, 0.3) is 0 Å². The highest BCUT2D eigenvalue weighted by molar-refractivity contribution is 7.92. The summed E-state index contributed by atoms with van der Waals surface area (Å²) < 4.78 is 32.5. The third-order valence-electron chi connectivity index (χ3n) is 6.49. The molecule has 4 aromatic carbocycles. The smallest absolute Gasteiger partial charge is 0.229 e. The third kappa shape index (κ3) is 8.60. The van der Waals surface area contributed by atoms with Crippen molar-refractivity contribution in [1.82, 2.24) is 0 Å². The van der Waals surface area contributed by atoms with E-state index in [0.29, 0.717) is 18.8 Å². The number of rotatable bonds is 13. The quantitative estimate of drug-likeness (QED) is 0.184. The van der Waals surface area contributed by atoms with Crippen LogP contribution in [0.25, 0.3) is 0 Å². The van der Waals surface area contributed by atoms with Crippen LogP contribution in [-0.4, -0.2) is 26.4 Å². The Bertz CT molecular complexity index is 1440. The summed E-state index contributed by atoms with van der Waals surface area (Å²) in [4.78, 5) is 2.25. The first-order valence-electron chi connectivity index (χ1n) is 13.1. The first kappa shape index (κ1) is 28.2. The minimum atomic E-state index is -3.39. The van der Waals surface area contributed by atoms with Gasteiger partial charge in [-0.25, -0.2) is 8.42 Å². The average molecular weight is 545 g/mol. The maximum Gasteiger partial charge on any atom is 0.229 e. The molecule has 0 bridgehead atoms. The third-order valence-corrected chi connectivity index (χ3v) is 7.08. The summed E-state index contributed by atoms with van der Waals surface area (Å²) in [6.07, 6.45) is 3.90. The fourth-order valence-corrected chi connectivity index (χ4v) is 5.11. The molecule has 4 rings (SSSR count). The molecule has 0 aliphatic rings. The minimum Gasteiger partial charge on any atom is -0.457 e. The van der Waals surface area contributed by atoms with E-state index >= 15 is 0 Å². The molecule has 6 nitrogen and oxygen atoms in total. The van der Waals surface area contributed by atoms with Gasteiger partial charge in [-0.05, 0) is 84.8 Å². The molecule has 7 heteroatoms. The lowest BCUT2D eigenvalue weighted by Gasteiger charge is -2.28. The highest BCUT2D eigenvalue weighted by atomic mass is 32.2. The number of hydrogen-bond donors (Lipinski definition) is 2. The lowest BCUT2D eigenvalue weighted by atomic mass is 10.1. The predicted molar refractivity (Wildman–Crippen MR) is 159 cm³/mol. The standard InChI is InChI=1S/C32H36N2O4S/c1-25-31(33-39(2,36)37)12-8-13-32(25)34(23-27-10-4-3-5-11-27)24-28-16-20-30(21-17-28)38-29-18-14-26(15-19-29)9-6-7-22-35/h3-5,8,10-21,33,35H,6-7,9,22-24H2,1-2H3. The second-order valence-corrected chi connectivity index (χ2v) is 11.5. The molecule has 0 fully saturated rings. The van der Waals surface area contributed by atoms with Crippen molar-refractivity contribution in [3.05, 3.63) is 119 Å². The minimum absolute atomic E-state index is 0.230. The number of sulfonamides is 1. The number of aliphatic hydroxyl groups excluding tert-OH is 1. The second kappa shape index (κ2) is 13.3. The molecule has 0 heterocycles. The Balaban J connectivity index is 1.50. The summed E-state index contributed by atoms with van der Waals surface area (Å²) >= 11 is 0. The number of benzene rings is 4. The van der Waals surface area contributed by atoms with Crippen LogP contribution in [0.4, 0.5) is 11.4 Å². The van der Waals surface area contributed by atoms with Crippen LogP contribution in [0.2, 0.25) is 0 Å². The molecule has 0 radical (unpaired) electrons. The van der Waals surface area contributed by atoms with Crippen LogP contribution in [0.5, 0.6) is 11.5 Å². The van der Waals surface area contributed by atoms with Crippen molar-refractivity contribution in [3.8, 4) is 11.5 Å². The monoisotopic (exact) mass is 544 g/mol. The van der Waals surface area contributed by atoms with Crippen molar-refractivity contribution in [2.75, 3.05) is 22.5 Å². The SMILES string of the molecule is Cc1c(NS(C)(=O)=O)cccc1N(Cc1ccccc1)Cc1ccc(Oc2ccc(CCCCO)cc2)cc1. The van der Waals surface area contributed by atoms with Gasteiger partial charge < -0.3 is 14.7 Å². The van der Waals surface area contributed by atoms with Gasteiger partial charge in [-0.15, -0.1) is 0 Å². The first-order chi connectivity index (χ1) is 18.8. The largest absolute Gasteiger partial charge is 0.457 e. The van der Waals surface area contributed by atoms with E-state index in [1.165, 1.54) is 5.56 Å². The number of nitrogens with zero attached hydrogens (tertiary/aromatic N) is 1. The molecular weight excluding hydrogens is 508 g/mol. The zero-order valence-corrected chi connectivity index (χ0v) is 23.3. The number of aliphatic hydroxyl groups is 1. The Labute approximate surface area is 232 Å². The summed E-state index contributed by atoms with van der Waals surface area (Å²) in [7, 11) is -3.39. The number of hydrogen-bond acceptors (Lipinski definition) is 5. The predicted octanol–water partition coefficient (Wildman–Crippen LogP) is 6.68. The summed E-state index contributed by atoms with van der Waals surface area (Å²) in [5, 5.41) is 8.96. The average Bonchev–Trinajstić information content (AvgIpc) is 2.92. The summed E-state index contributed by atoms with van der Waals surface area (Å²) in [6.45, 7) is 3.48. The molecule has 204 valence electrons. The van der Waals surface area contributed by atoms with Crippen molar-refractivity contribution >= 4 is 21.4 Å². The number of aryl methyl sites for hydroxylation is 1. The van der Waals surface area contributed by atoms with Crippen molar-refractivity contribution in [2.24, 2.45) is 0 Å². The molecule has 0 aromatic heterocycles. The van der Waals surface area contributed by atoms with Crippen molar-refractivity contribution in [1.29, 1.82) is 0 Å². The van der Waals surface area contributed by atoms with Crippen LogP contribution in [0.15, 0.2) is 97.1 Å². The molecule has 0 aliphatic carbocycles. The highest BCUT2D eigenvalue weighted by Crippen LogP contribution is 2.30. The van der Waals surface area contributed by atoms with Gasteiger partial charge in [-0.2, -0.15) is 0 Å². The van der Waals surface area contributed by atoms with Crippen LogP contribution < -0.4 is 14.4 Å². The molecular formula is C32H36N2O4S. The Morgan fingerprint density at radius 2 is 1.33 bits per heavy atom. The van der Waals surface area contributed by atoms with Crippen LogP contribution in [0, 0.1) is 6.92 Å². The maximum absolute atomic E-state index is 11.9. The molecule has 0 aliphatic heterocycles. The van der Waals surface area contributed by atoms with Crippen LogP contribution in [-0.2, 0) is 29.5 Å². The van der Waals surface area contributed by atoms with Crippen LogP contribution >= 0.6 is 0 Å². The molecule has 4 aromatic rings. The summed E-state index contributed by atoms with van der Waals surface area (Å²) in [5.74, 6) is 1.54. The molecule has 2 N–H and O–H groups in total. The van der Waals surface area contributed by atoms with Crippen molar-refractivity contribution < 1.29 is 18.3 Å². The lowest BCUT2D eigenvalue weighted by Crippen LogP contribution is -2.23. The zero-order valence-electron chi connectivity index (χ0n) is 22.5. The number of anilines is 2. The second-order valence-electron chi connectivity index (χ2n) is 9.74. The Morgan fingerprint density at radius 1 is 0.744 bits per heavy atom. The molecule has 39 heavy (non-hydrogen) atoms. The summed E-state index contributed by atoms with van der Waals surface area (Å²) in [6, 6.07) is 32.1. The normalized spacial score (nSPS) is 11.3. The topological polar surface area (TPSA) is 78.9 Å². The fraction of sp³-hybridized carbons (Fsp3) is 0.250. The molecule has 0 unspecified atom stereocenters. The van der Waals surface area contributed by atoms with E-state index in [0.717, 1.165) is 59.4 Å². The fourth-order valence-electron chi connectivity index (χ4n) is 4.49. The van der Waals surface area contributed by atoms with Crippen LogP contribution in [0.1, 0.15) is 35.1 Å². The maximum atomic E-state index is 11.9. The molecule has 0 atom stereocenters. The Kier molecular flexibility index (Phi) is 9.63. The van der Waals surface area contributed by atoms with E-state index in [1.54, 1.807) is 6.07 Å². The Morgan fingerprint density at radius 3 is 1.92 bits per heavy atom. The summed E-state index contributed by atoms with van der Waals surface area (Å²) in [5.41, 5.74) is 5.93. The van der Waals surface area contributed by atoms with Gasteiger partial charge >= 0.3 is 0 Å². The number of unbranched alkanes of at least 4 members (excludes halogenated alkanes) is 1. The van der Waals surface area contributed by atoms with Gasteiger partial charge in [-0.1, -0.05) is 60.7 Å². The van der Waals surface area contributed by atoms with E-state index < -0.39 is 10.0 Å². The van der Waals surface area contributed by atoms with Gasteiger partial charge in [0.05, 0.1) is 11.9 Å². The van der Waals surface area contributed by atoms with E-state index in [9.17, 15) is 8.42 Å². The lowest BCUT2D eigenvalue weighted by molar-refractivity contribution is 0.284. The molecule has 0 saturated heterocycles. The van der Waals surface area contributed by atoms with Crippen LogP contribution in [0.3, 0.4) is 0 Å². The first-order valence-corrected chi connectivity index (χ1v) is 15.0. The van der Waals surface area contributed by atoms with Gasteiger partial charge in [0.1, 0.15) is 11.5 Å². The zero-order chi connectivity index (χ0) is 27.7. The van der Waals surface area contributed by atoms with Crippen molar-refractivity contribution in [2.45, 2.75) is 39.3 Å². The van der Waals surface area contributed by atoms with Crippen molar-refractivity contribution in [3.63, 3.8) is 0 Å². The number of ether oxygens (including phenoxy) is 1. The van der Waals surface area contributed by atoms with E-state index in [2.05, 4.69) is 46.0 Å². The van der Waals surface area contributed by atoms with E-state index in [-0.39, 0.29) is 6.61 Å². The van der Waals surface area contributed by atoms with Gasteiger partial charge in [0, 0.05) is 25.4 Å². The molecule has 0 saturated carbocycles. The molecule has 0 spiro atoms. The number of nitrogens with one attached hydrogen (secondary N) is 1. The highest BCUT2D eigenvalue weighted by Gasteiger charge is 2.15. The van der Waals surface area contributed by atoms with Gasteiger partial charge in [-0.3, -0.25) is 4.72 Å². The van der Waals surface area contributed by atoms with Gasteiger partial charge in [0.15, 0.2) is 0 Å². The Hall–Kier alpha value is -3.81. The van der Waals surface area contributed by atoms with E-state index in [4.69, 9.17) is 9.84 Å². The van der Waals surface area contributed by atoms with E-state index in [1.807, 2.05) is 61.5 Å². The van der Waals surface area contributed by atoms with Gasteiger partial charge in [0.2, 0.25) is 10.0 Å². The molecule has 0 amide bonds.